The minimum absolute atomic E-state index is 0.0294. The lowest BCUT2D eigenvalue weighted by Gasteiger charge is -2.26. The van der Waals surface area contributed by atoms with Crippen LogP contribution in [-0.4, -0.2) is 44.9 Å². The molecule has 1 heterocycles. The van der Waals surface area contributed by atoms with E-state index in [4.69, 9.17) is 4.74 Å². The van der Waals surface area contributed by atoms with Crippen molar-refractivity contribution in [2.75, 3.05) is 26.3 Å². The van der Waals surface area contributed by atoms with E-state index in [9.17, 15) is 13.2 Å². The maximum absolute atomic E-state index is 12.7. The lowest BCUT2D eigenvalue weighted by Crippen LogP contribution is -2.40. The Kier molecular flexibility index (Phi) is 6.51. The van der Waals surface area contributed by atoms with Crippen molar-refractivity contribution < 1.29 is 17.9 Å². The number of fused-ring (bicyclic) bond motifs is 1. The van der Waals surface area contributed by atoms with E-state index >= 15 is 0 Å². The predicted molar refractivity (Wildman–Crippen MR) is 115 cm³/mol. The fourth-order valence-corrected chi connectivity index (χ4v) is 5.60. The van der Waals surface area contributed by atoms with Crippen molar-refractivity contribution in [3.8, 4) is 0 Å². The van der Waals surface area contributed by atoms with Crippen LogP contribution in [0.3, 0.4) is 0 Å². The SMILES string of the molecule is O=C(CCc1ccc(S(=O)(=O)N2CCOCC2)cc1)NC1CCCc2ccccc21. The highest BCUT2D eigenvalue weighted by molar-refractivity contribution is 7.89. The van der Waals surface area contributed by atoms with Gasteiger partial charge >= 0.3 is 0 Å². The fourth-order valence-electron chi connectivity index (χ4n) is 4.19. The first-order chi connectivity index (χ1) is 14.5. The van der Waals surface area contributed by atoms with E-state index in [0.717, 1.165) is 24.8 Å². The van der Waals surface area contributed by atoms with Gasteiger partial charge in [0.1, 0.15) is 0 Å². The molecule has 1 saturated heterocycles. The van der Waals surface area contributed by atoms with E-state index in [2.05, 4.69) is 17.4 Å². The van der Waals surface area contributed by atoms with Gasteiger partial charge in [-0.15, -0.1) is 0 Å². The summed E-state index contributed by atoms with van der Waals surface area (Å²) in [6, 6.07) is 15.3. The first kappa shape index (κ1) is 21.0. The molecular formula is C23H28N2O4S. The fraction of sp³-hybridized carbons (Fsp3) is 0.435. The Labute approximate surface area is 178 Å². The van der Waals surface area contributed by atoms with Crippen molar-refractivity contribution >= 4 is 15.9 Å². The first-order valence-electron chi connectivity index (χ1n) is 10.6. The lowest BCUT2D eigenvalue weighted by atomic mass is 9.87. The van der Waals surface area contributed by atoms with Gasteiger partial charge in [0.15, 0.2) is 0 Å². The van der Waals surface area contributed by atoms with Crippen LogP contribution in [0.5, 0.6) is 0 Å². The van der Waals surface area contributed by atoms with Crippen LogP contribution in [0.1, 0.15) is 42.0 Å². The van der Waals surface area contributed by atoms with Gasteiger partial charge in [0.05, 0.1) is 24.2 Å². The molecule has 0 aromatic heterocycles. The van der Waals surface area contributed by atoms with Crippen LogP contribution in [0.15, 0.2) is 53.4 Å². The number of carbonyl (C=O) groups is 1. The zero-order chi connectivity index (χ0) is 21.0. The summed E-state index contributed by atoms with van der Waals surface area (Å²) in [4.78, 5) is 12.8. The maximum Gasteiger partial charge on any atom is 0.243 e. The van der Waals surface area contributed by atoms with Crippen LogP contribution >= 0.6 is 0 Å². The number of carbonyl (C=O) groups excluding carboxylic acids is 1. The minimum Gasteiger partial charge on any atom is -0.379 e. The third-order valence-electron chi connectivity index (χ3n) is 5.88. The molecule has 0 spiro atoms. The molecule has 0 saturated carbocycles. The van der Waals surface area contributed by atoms with Gasteiger partial charge in [-0.1, -0.05) is 36.4 Å². The summed E-state index contributed by atoms with van der Waals surface area (Å²) in [6.45, 7) is 1.62. The third-order valence-corrected chi connectivity index (χ3v) is 7.79. The van der Waals surface area contributed by atoms with E-state index < -0.39 is 10.0 Å². The summed E-state index contributed by atoms with van der Waals surface area (Å²) in [6.07, 6.45) is 4.09. The van der Waals surface area contributed by atoms with Crippen LogP contribution in [0.2, 0.25) is 0 Å². The van der Waals surface area contributed by atoms with Gasteiger partial charge in [0.2, 0.25) is 15.9 Å². The number of aryl methyl sites for hydroxylation is 2. The molecule has 7 heteroatoms. The highest BCUT2D eigenvalue weighted by atomic mass is 32.2. The molecule has 1 amide bonds. The average molecular weight is 429 g/mol. The molecule has 2 aromatic carbocycles. The molecule has 1 unspecified atom stereocenters. The second-order valence-corrected chi connectivity index (χ2v) is 9.81. The minimum atomic E-state index is -3.48. The Morgan fingerprint density at radius 1 is 1.07 bits per heavy atom. The Morgan fingerprint density at radius 2 is 1.80 bits per heavy atom. The van der Waals surface area contributed by atoms with Gasteiger partial charge in [0.25, 0.3) is 0 Å². The highest BCUT2D eigenvalue weighted by Gasteiger charge is 2.26. The maximum atomic E-state index is 12.7. The van der Waals surface area contributed by atoms with Crippen LogP contribution in [0.25, 0.3) is 0 Å². The molecule has 1 aliphatic carbocycles. The molecule has 1 atom stereocenters. The standard InChI is InChI=1S/C23H28N2O4S/c26-23(24-22-7-3-5-19-4-1-2-6-21(19)22)13-10-18-8-11-20(12-9-18)30(27,28)25-14-16-29-17-15-25/h1-2,4,6,8-9,11-12,22H,3,5,7,10,13-17H2,(H,24,26). The van der Waals surface area contributed by atoms with Crippen molar-refractivity contribution in [1.29, 1.82) is 0 Å². The number of nitrogens with one attached hydrogen (secondary N) is 1. The number of sulfonamides is 1. The normalized spacial score (nSPS) is 19.8. The van der Waals surface area contributed by atoms with E-state index in [0.29, 0.717) is 39.1 Å². The van der Waals surface area contributed by atoms with E-state index in [1.165, 1.54) is 15.4 Å². The number of morpholine rings is 1. The molecule has 30 heavy (non-hydrogen) atoms. The van der Waals surface area contributed by atoms with Crippen molar-refractivity contribution in [2.45, 2.75) is 43.0 Å². The molecule has 4 rings (SSSR count). The van der Waals surface area contributed by atoms with Gasteiger partial charge in [-0.2, -0.15) is 4.31 Å². The molecule has 0 bridgehead atoms. The van der Waals surface area contributed by atoms with Crippen molar-refractivity contribution in [3.63, 3.8) is 0 Å². The topological polar surface area (TPSA) is 75.7 Å². The number of nitrogens with zero attached hydrogens (tertiary/aromatic N) is 1. The second kappa shape index (κ2) is 9.29. The average Bonchev–Trinajstić information content (AvgIpc) is 2.79. The van der Waals surface area contributed by atoms with Gasteiger partial charge in [-0.05, 0) is 54.5 Å². The van der Waals surface area contributed by atoms with Crippen LogP contribution < -0.4 is 5.32 Å². The van der Waals surface area contributed by atoms with E-state index in [1.807, 2.05) is 12.1 Å². The molecule has 160 valence electrons. The Hall–Kier alpha value is -2.22. The second-order valence-electron chi connectivity index (χ2n) is 7.87. The molecule has 2 aromatic rings. The van der Waals surface area contributed by atoms with Crippen molar-refractivity contribution in [1.82, 2.24) is 9.62 Å². The largest absolute Gasteiger partial charge is 0.379 e. The summed E-state index contributed by atoms with van der Waals surface area (Å²) in [5, 5.41) is 3.17. The van der Waals surface area contributed by atoms with Gasteiger partial charge in [-0.3, -0.25) is 4.79 Å². The molecular weight excluding hydrogens is 400 g/mol. The van der Waals surface area contributed by atoms with Crippen molar-refractivity contribution in [2.24, 2.45) is 0 Å². The summed E-state index contributed by atoms with van der Waals surface area (Å²) in [5.74, 6) is 0.0294. The van der Waals surface area contributed by atoms with E-state index in [-0.39, 0.29) is 16.8 Å². The molecule has 1 N–H and O–H groups in total. The quantitative estimate of drug-likeness (QED) is 0.768. The molecule has 1 aliphatic heterocycles. The summed E-state index contributed by atoms with van der Waals surface area (Å²) in [7, 11) is -3.48. The highest BCUT2D eigenvalue weighted by Crippen LogP contribution is 2.29. The molecule has 1 fully saturated rings. The monoisotopic (exact) mass is 428 g/mol. The summed E-state index contributed by atoms with van der Waals surface area (Å²) >= 11 is 0. The number of hydrogen-bond donors (Lipinski definition) is 1. The van der Waals surface area contributed by atoms with E-state index in [1.54, 1.807) is 24.3 Å². The zero-order valence-corrected chi connectivity index (χ0v) is 17.9. The molecule has 6 nitrogen and oxygen atoms in total. The first-order valence-corrected chi connectivity index (χ1v) is 12.0. The molecule has 2 aliphatic rings. The predicted octanol–water partition coefficient (Wildman–Crippen LogP) is 2.83. The molecule has 0 radical (unpaired) electrons. The van der Waals surface area contributed by atoms with Gasteiger partial charge < -0.3 is 10.1 Å². The van der Waals surface area contributed by atoms with Crippen LogP contribution in [0, 0.1) is 0 Å². The summed E-state index contributed by atoms with van der Waals surface area (Å²) < 4.78 is 32.1. The number of ether oxygens (including phenoxy) is 1. The Balaban J connectivity index is 1.33. The van der Waals surface area contributed by atoms with Crippen molar-refractivity contribution in [3.05, 3.63) is 65.2 Å². The zero-order valence-electron chi connectivity index (χ0n) is 17.0. The Bertz CT molecular complexity index is 983. The van der Waals surface area contributed by atoms with Gasteiger partial charge in [-0.25, -0.2) is 8.42 Å². The van der Waals surface area contributed by atoms with Crippen LogP contribution in [0.4, 0.5) is 0 Å². The number of amides is 1. The lowest BCUT2D eigenvalue weighted by molar-refractivity contribution is -0.121. The number of benzene rings is 2. The van der Waals surface area contributed by atoms with Gasteiger partial charge in [0, 0.05) is 19.5 Å². The Morgan fingerprint density at radius 3 is 2.57 bits per heavy atom. The van der Waals surface area contributed by atoms with Crippen LogP contribution in [-0.2, 0) is 32.4 Å². The number of rotatable bonds is 6. The summed E-state index contributed by atoms with van der Waals surface area (Å²) in [5.41, 5.74) is 3.51. The third kappa shape index (κ3) is 4.74. The smallest absolute Gasteiger partial charge is 0.243 e. The number of hydrogen-bond acceptors (Lipinski definition) is 4.